The number of hydrogen-bond acceptors (Lipinski definition) is 7. The Labute approximate surface area is 214 Å². The number of primary amides is 1. The molecule has 37 heavy (non-hydrogen) atoms. The number of hydrogen-bond donors (Lipinski definition) is 8. The van der Waals surface area contributed by atoms with Crippen LogP contribution < -0.4 is 38.9 Å². The van der Waals surface area contributed by atoms with Gasteiger partial charge in [0.1, 0.15) is 18.1 Å². The Kier molecular flexibility index (Phi) is 13.1. The minimum atomic E-state index is -1.25. The van der Waals surface area contributed by atoms with Crippen molar-refractivity contribution in [2.75, 3.05) is 6.54 Å². The second-order valence-electron chi connectivity index (χ2n) is 8.44. The molecule has 4 atom stereocenters. The lowest BCUT2D eigenvalue weighted by atomic mass is 10.0. The summed E-state index contributed by atoms with van der Waals surface area (Å²) in [5, 5.41) is 16.6. The summed E-state index contributed by atoms with van der Waals surface area (Å²) in [5.74, 6) is -4.10. The monoisotopic (exact) mass is 520 g/mol. The summed E-state index contributed by atoms with van der Waals surface area (Å²) in [6, 6.07) is 4.27. The van der Waals surface area contributed by atoms with E-state index in [1.807, 2.05) is 0 Å². The molecule has 4 unspecified atom stereocenters. The fourth-order valence-electron chi connectivity index (χ4n) is 3.19. The summed E-state index contributed by atoms with van der Waals surface area (Å²) in [6.45, 7) is 1.46. The number of carboxylic acid groups (broad SMARTS) is 1. The average molecular weight is 521 g/mol. The number of benzene rings is 1. The van der Waals surface area contributed by atoms with Crippen LogP contribution in [0.15, 0.2) is 35.3 Å². The molecular formula is C23H36N8O6. The summed E-state index contributed by atoms with van der Waals surface area (Å²) in [7, 11) is 0. The number of aliphatic imine (C=N–C) groups is 1. The van der Waals surface area contributed by atoms with Crippen LogP contribution in [0.25, 0.3) is 0 Å². The van der Waals surface area contributed by atoms with E-state index in [1.54, 1.807) is 30.3 Å². The maximum atomic E-state index is 13.2. The van der Waals surface area contributed by atoms with E-state index in [1.165, 1.54) is 6.92 Å². The van der Waals surface area contributed by atoms with E-state index in [4.69, 9.17) is 28.0 Å². The van der Waals surface area contributed by atoms with Crippen LogP contribution in [0.2, 0.25) is 0 Å². The van der Waals surface area contributed by atoms with Gasteiger partial charge in [0.2, 0.25) is 23.6 Å². The van der Waals surface area contributed by atoms with E-state index < -0.39 is 53.8 Å². The topological polar surface area (TPSA) is 258 Å². The molecule has 0 aliphatic rings. The molecule has 4 amide bonds. The highest BCUT2D eigenvalue weighted by Gasteiger charge is 2.29. The van der Waals surface area contributed by atoms with Crippen molar-refractivity contribution < 1.29 is 29.1 Å². The molecule has 0 aliphatic carbocycles. The summed E-state index contributed by atoms with van der Waals surface area (Å²) in [5.41, 5.74) is 22.3. The largest absolute Gasteiger partial charge is 0.480 e. The van der Waals surface area contributed by atoms with Crippen LogP contribution in [0.4, 0.5) is 0 Å². The van der Waals surface area contributed by atoms with Crippen LogP contribution in [-0.2, 0) is 30.4 Å². The molecule has 12 N–H and O–H groups in total. The second kappa shape index (κ2) is 15.7. The molecule has 0 saturated carbocycles. The summed E-state index contributed by atoms with van der Waals surface area (Å²) in [4.78, 5) is 64.6. The first-order valence-electron chi connectivity index (χ1n) is 11.7. The predicted molar refractivity (Wildman–Crippen MR) is 136 cm³/mol. The highest BCUT2D eigenvalue weighted by molar-refractivity contribution is 5.94. The van der Waals surface area contributed by atoms with Crippen molar-refractivity contribution >= 4 is 35.6 Å². The third-order valence-corrected chi connectivity index (χ3v) is 5.26. The van der Waals surface area contributed by atoms with Gasteiger partial charge < -0.3 is 44.0 Å². The molecule has 0 spiro atoms. The van der Waals surface area contributed by atoms with Crippen LogP contribution in [0, 0.1) is 0 Å². The van der Waals surface area contributed by atoms with Gasteiger partial charge >= 0.3 is 5.97 Å². The van der Waals surface area contributed by atoms with Gasteiger partial charge in [-0.3, -0.25) is 29.0 Å². The number of amides is 4. The number of carbonyl (C=O) groups excluding carboxylic acids is 4. The number of rotatable bonds is 16. The molecule has 0 aliphatic heterocycles. The van der Waals surface area contributed by atoms with Gasteiger partial charge in [-0.15, -0.1) is 0 Å². The van der Waals surface area contributed by atoms with Crippen molar-refractivity contribution in [1.29, 1.82) is 0 Å². The van der Waals surface area contributed by atoms with Crippen molar-refractivity contribution in [3.63, 3.8) is 0 Å². The van der Waals surface area contributed by atoms with E-state index >= 15 is 0 Å². The Hall–Kier alpha value is -4.20. The third kappa shape index (κ3) is 12.4. The molecule has 0 bridgehead atoms. The molecule has 0 aromatic heterocycles. The van der Waals surface area contributed by atoms with Gasteiger partial charge in [0.05, 0.1) is 6.04 Å². The zero-order valence-corrected chi connectivity index (χ0v) is 20.7. The lowest BCUT2D eigenvalue weighted by Crippen LogP contribution is -2.57. The Morgan fingerprint density at radius 2 is 1.49 bits per heavy atom. The van der Waals surface area contributed by atoms with Crippen molar-refractivity contribution in [3.05, 3.63) is 35.9 Å². The van der Waals surface area contributed by atoms with Crippen molar-refractivity contribution in [2.45, 2.75) is 63.2 Å². The van der Waals surface area contributed by atoms with E-state index in [-0.39, 0.29) is 38.2 Å². The van der Waals surface area contributed by atoms with E-state index in [9.17, 15) is 24.0 Å². The van der Waals surface area contributed by atoms with Gasteiger partial charge in [-0.1, -0.05) is 30.3 Å². The van der Waals surface area contributed by atoms with Gasteiger partial charge in [-0.05, 0) is 31.7 Å². The van der Waals surface area contributed by atoms with Gasteiger partial charge in [0, 0.05) is 19.4 Å². The van der Waals surface area contributed by atoms with Crippen LogP contribution in [-0.4, -0.2) is 71.4 Å². The minimum Gasteiger partial charge on any atom is -0.480 e. The van der Waals surface area contributed by atoms with E-state index in [0.29, 0.717) is 6.42 Å². The normalized spacial score (nSPS) is 13.8. The van der Waals surface area contributed by atoms with E-state index in [0.717, 1.165) is 5.56 Å². The standard InChI is InChI=1S/C23H36N8O6/c1-13(22(36)37)29-20(34)16(8-5-11-28-23(26)27)30-21(35)17(12-14-6-3-2-4-7-14)31-19(33)15(24)9-10-18(25)32/h2-4,6-7,13,15-17H,5,8-12,24H2,1H3,(H2,25,32)(H,29,34)(H,30,35)(H,31,33)(H,36,37)(H4,26,27,28). The summed E-state index contributed by atoms with van der Waals surface area (Å²) < 4.78 is 0. The summed E-state index contributed by atoms with van der Waals surface area (Å²) in [6.07, 6.45) is 0.346. The fourth-order valence-corrected chi connectivity index (χ4v) is 3.19. The first kappa shape index (κ1) is 30.8. The molecule has 0 radical (unpaired) electrons. The average Bonchev–Trinajstić information content (AvgIpc) is 2.83. The number of nitrogens with two attached hydrogens (primary N) is 4. The maximum absolute atomic E-state index is 13.2. The first-order valence-corrected chi connectivity index (χ1v) is 11.7. The number of nitrogens with zero attached hydrogens (tertiary/aromatic N) is 1. The Morgan fingerprint density at radius 3 is 2.05 bits per heavy atom. The van der Waals surface area contributed by atoms with Crippen LogP contribution in [0.5, 0.6) is 0 Å². The molecule has 1 rings (SSSR count). The highest BCUT2D eigenvalue weighted by atomic mass is 16.4. The van der Waals surface area contributed by atoms with Crippen molar-refractivity contribution in [3.8, 4) is 0 Å². The molecule has 204 valence electrons. The molecule has 1 aromatic rings. The predicted octanol–water partition coefficient (Wildman–Crippen LogP) is -2.57. The van der Waals surface area contributed by atoms with Gasteiger partial charge in [-0.25, -0.2) is 0 Å². The zero-order valence-electron chi connectivity index (χ0n) is 20.7. The third-order valence-electron chi connectivity index (χ3n) is 5.26. The molecular weight excluding hydrogens is 484 g/mol. The quantitative estimate of drug-likeness (QED) is 0.0646. The fraction of sp³-hybridized carbons (Fsp3) is 0.478. The number of guanidine groups is 1. The lowest BCUT2D eigenvalue weighted by Gasteiger charge is -2.25. The van der Waals surface area contributed by atoms with Gasteiger partial charge in [0.15, 0.2) is 5.96 Å². The number of aliphatic carboxylic acids is 1. The van der Waals surface area contributed by atoms with Crippen LogP contribution in [0.1, 0.15) is 38.2 Å². The highest BCUT2D eigenvalue weighted by Crippen LogP contribution is 2.07. The SMILES string of the molecule is CC(NC(=O)C(CCCN=C(N)N)NC(=O)C(Cc1ccccc1)NC(=O)C(N)CCC(N)=O)C(=O)O. The Balaban J connectivity index is 3.06. The number of carbonyl (C=O) groups is 5. The Bertz CT molecular complexity index is 967. The molecule has 1 aromatic carbocycles. The van der Waals surface area contributed by atoms with E-state index in [2.05, 4.69) is 20.9 Å². The van der Waals surface area contributed by atoms with Gasteiger partial charge in [0.25, 0.3) is 0 Å². The number of carboxylic acids is 1. The maximum Gasteiger partial charge on any atom is 0.325 e. The van der Waals surface area contributed by atoms with Gasteiger partial charge in [-0.2, -0.15) is 0 Å². The van der Waals surface area contributed by atoms with Crippen molar-refractivity contribution in [1.82, 2.24) is 16.0 Å². The Morgan fingerprint density at radius 1 is 0.892 bits per heavy atom. The molecule has 0 fully saturated rings. The lowest BCUT2D eigenvalue weighted by molar-refractivity contribution is -0.141. The molecule has 14 nitrogen and oxygen atoms in total. The number of nitrogens with one attached hydrogen (secondary N) is 3. The molecule has 14 heteroatoms. The molecule has 0 saturated heterocycles. The smallest absolute Gasteiger partial charge is 0.325 e. The van der Waals surface area contributed by atoms with Crippen molar-refractivity contribution in [2.24, 2.45) is 27.9 Å². The first-order chi connectivity index (χ1) is 17.4. The summed E-state index contributed by atoms with van der Waals surface area (Å²) >= 11 is 0. The molecule has 0 heterocycles. The minimum absolute atomic E-state index is 0.0102. The zero-order chi connectivity index (χ0) is 28.0. The van der Waals surface area contributed by atoms with Crippen LogP contribution >= 0.6 is 0 Å². The second-order valence-corrected chi connectivity index (χ2v) is 8.44. The van der Waals surface area contributed by atoms with Crippen LogP contribution in [0.3, 0.4) is 0 Å².